The Labute approximate surface area is 218 Å². The Morgan fingerprint density at radius 2 is 1.86 bits per heavy atom. The van der Waals surface area contributed by atoms with Crippen molar-refractivity contribution in [3.05, 3.63) is 77.1 Å². The quantitative estimate of drug-likeness (QED) is 0.367. The molecule has 1 N–H and O–H groups in total. The number of halogens is 3. The Balaban J connectivity index is 1.46. The van der Waals surface area contributed by atoms with Gasteiger partial charge in [-0.25, -0.2) is 18.7 Å². The number of piperazine rings is 1. The van der Waals surface area contributed by atoms with E-state index in [9.17, 15) is 9.50 Å². The van der Waals surface area contributed by atoms with Gasteiger partial charge in [-0.05, 0) is 24.6 Å². The van der Waals surface area contributed by atoms with Gasteiger partial charge in [0.2, 0.25) is 0 Å². The van der Waals surface area contributed by atoms with Crippen molar-refractivity contribution >= 4 is 28.3 Å². The summed E-state index contributed by atoms with van der Waals surface area (Å²) in [5.41, 5.74) is 0.622. The van der Waals surface area contributed by atoms with Crippen LogP contribution in [0.3, 0.4) is 0 Å². The van der Waals surface area contributed by atoms with Crippen LogP contribution in [0.1, 0.15) is 18.9 Å². The summed E-state index contributed by atoms with van der Waals surface area (Å²) in [5, 5.41) is 10.6. The number of anilines is 1. The van der Waals surface area contributed by atoms with Crippen molar-refractivity contribution in [3.63, 3.8) is 0 Å². The topological polar surface area (TPSA) is 61.7 Å². The molecule has 3 aromatic carbocycles. The van der Waals surface area contributed by atoms with Gasteiger partial charge in [-0.3, -0.25) is 4.90 Å². The van der Waals surface area contributed by atoms with Crippen LogP contribution < -0.4 is 9.64 Å². The number of ether oxygens (including phenoxy) is 1. The molecule has 6 nitrogen and oxygen atoms in total. The molecule has 2 aliphatic heterocycles. The Hall–Kier alpha value is -3.49. The average molecular weight is 523 g/mol. The molecule has 0 saturated carbocycles. The monoisotopic (exact) mass is 522 g/mol. The summed E-state index contributed by atoms with van der Waals surface area (Å²) < 4.78 is 36.9. The van der Waals surface area contributed by atoms with Crippen molar-refractivity contribution in [1.82, 2.24) is 14.9 Å². The fourth-order valence-electron chi connectivity index (χ4n) is 5.46. The van der Waals surface area contributed by atoms with Crippen LogP contribution in [-0.2, 0) is 6.54 Å². The molecule has 2 atom stereocenters. The van der Waals surface area contributed by atoms with Gasteiger partial charge in [-0.15, -0.1) is 0 Å². The van der Waals surface area contributed by atoms with E-state index < -0.39 is 17.4 Å². The number of hydrogen-bond donors (Lipinski definition) is 1. The Morgan fingerprint density at radius 3 is 2.65 bits per heavy atom. The molecule has 3 heterocycles. The number of rotatable bonds is 3. The third kappa shape index (κ3) is 4.04. The summed E-state index contributed by atoms with van der Waals surface area (Å²) in [7, 11) is 0. The van der Waals surface area contributed by atoms with E-state index in [0.717, 1.165) is 19.2 Å². The molecule has 6 rings (SSSR count). The van der Waals surface area contributed by atoms with E-state index >= 15 is 4.39 Å². The lowest BCUT2D eigenvalue weighted by Gasteiger charge is -2.47. The minimum absolute atomic E-state index is 0.0259. The molecule has 2 aliphatic rings. The van der Waals surface area contributed by atoms with Gasteiger partial charge >= 0.3 is 0 Å². The first-order valence-corrected chi connectivity index (χ1v) is 12.6. The van der Waals surface area contributed by atoms with Gasteiger partial charge in [0.15, 0.2) is 11.6 Å². The standard InChI is InChI=1S/C28H25ClF2N4O2/c1-16-12-35-18(14-34(16)13-17-6-3-2-4-7-17)10-11-37-27-23-26(32-15-33-28(23)35)25(31)22(24(27)29)21-19(30)8-5-9-20(21)36/h2-9,15-16,18,36H,10-14H2,1H3/t16-,18+/m1/s1. The molecule has 0 spiro atoms. The van der Waals surface area contributed by atoms with Crippen LogP contribution in [0.15, 0.2) is 54.9 Å². The molecule has 1 saturated heterocycles. The number of aromatic hydroxyl groups is 1. The van der Waals surface area contributed by atoms with Crippen molar-refractivity contribution in [2.45, 2.75) is 32.0 Å². The zero-order chi connectivity index (χ0) is 25.7. The fraction of sp³-hybridized carbons (Fsp3) is 0.286. The van der Waals surface area contributed by atoms with E-state index in [2.05, 4.69) is 38.8 Å². The third-order valence-electron chi connectivity index (χ3n) is 7.31. The predicted molar refractivity (Wildman–Crippen MR) is 139 cm³/mol. The maximum absolute atomic E-state index is 16.0. The van der Waals surface area contributed by atoms with Crippen LogP contribution in [0.5, 0.6) is 11.5 Å². The molecular formula is C28H25ClF2N4O2. The van der Waals surface area contributed by atoms with Crippen LogP contribution in [0.2, 0.25) is 5.02 Å². The molecule has 1 fully saturated rings. The van der Waals surface area contributed by atoms with E-state index in [4.69, 9.17) is 16.3 Å². The fourth-order valence-corrected chi connectivity index (χ4v) is 5.79. The Kier molecular flexibility index (Phi) is 6.09. The molecule has 0 bridgehead atoms. The third-order valence-corrected chi connectivity index (χ3v) is 7.67. The number of phenols is 1. The lowest BCUT2D eigenvalue weighted by atomic mass is 9.98. The highest BCUT2D eigenvalue weighted by molar-refractivity contribution is 6.36. The molecule has 190 valence electrons. The van der Waals surface area contributed by atoms with Crippen molar-refractivity contribution in [2.75, 3.05) is 24.6 Å². The van der Waals surface area contributed by atoms with Gasteiger partial charge in [0.1, 0.15) is 29.2 Å². The summed E-state index contributed by atoms with van der Waals surface area (Å²) in [5.74, 6) is -1.30. The van der Waals surface area contributed by atoms with Gasteiger partial charge in [-0.2, -0.15) is 0 Å². The predicted octanol–water partition coefficient (Wildman–Crippen LogP) is 5.80. The molecule has 0 unspecified atom stereocenters. The summed E-state index contributed by atoms with van der Waals surface area (Å²) in [6.07, 6.45) is 2.00. The van der Waals surface area contributed by atoms with Gasteiger partial charge in [0.25, 0.3) is 0 Å². The van der Waals surface area contributed by atoms with Gasteiger partial charge in [0.05, 0.1) is 22.6 Å². The van der Waals surface area contributed by atoms with Crippen molar-refractivity contribution in [3.8, 4) is 22.6 Å². The van der Waals surface area contributed by atoms with Gasteiger partial charge in [-0.1, -0.05) is 48.0 Å². The number of aromatic nitrogens is 2. The summed E-state index contributed by atoms with van der Waals surface area (Å²) in [4.78, 5) is 13.4. The summed E-state index contributed by atoms with van der Waals surface area (Å²) >= 11 is 6.70. The number of hydrogen-bond acceptors (Lipinski definition) is 6. The van der Waals surface area contributed by atoms with Gasteiger partial charge < -0.3 is 14.7 Å². The Morgan fingerprint density at radius 1 is 1.05 bits per heavy atom. The summed E-state index contributed by atoms with van der Waals surface area (Å²) in [6.45, 7) is 4.80. The number of nitrogens with zero attached hydrogens (tertiary/aromatic N) is 4. The largest absolute Gasteiger partial charge is 0.507 e. The molecule has 9 heteroatoms. The maximum atomic E-state index is 16.0. The lowest BCUT2D eigenvalue weighted by molar-refractivity contribution is 0.140. The minimum Gasteiger partial charge on any atom is -0.507 e. The van der Waals surface area contributed by atoms with Crippen LogP contribution in [0.25, 0.3) is 22.0 Å². The van der Waals surface area contributed by atoms with Crippen molar-refractivity contribution in [2.24, 2.45) is 0 Å². The maximum Gasteiger partial charge on any atom is 0.159 e. The van der Waals surface area contributed by atoms with E-state index in [1.54, 1.807) is 0 Å². The van der Waals surface area contributed by atoms with Crippen LogP contribution in [0.4, 0.5) is 14.6 Å². The smallest absolute Gasteiger partial charge is 0.159 e. The second kappa shape index (κ2) is 9.43. The molecule has 1 aromatic heterocycles. The van der Waals surface area contributed by atoms with Gasteiger partial charge in [0, 0.05) is 43.7 Å². The van der Waals surface area contributed by atoms with E-state index in [-0.39, 0.29) is 39.5 Å². The number of fused-ring (bicyclic) bond motifs is 2. The molecule has 4 aromatic rings. The molecule has 0 amide bonds. The summed E-state index contributed by atoms with van der Waals surface area (Å²) in [6, 6.07) is 14.4. The highest BCUT2D eigenvalue weighted by atomic mass is 35.5. The van der Waals surface area contributed by atoms with E-state index in [1.807, 2.05) is 18.2 Å². The SMILES string of the molecule is C[C@@H]1CN2c3ncnc4c(F)c(-c5c(O)cccc5F)c(Cl)c(c34)OCC[C@H]2CN1Cc1ccccc1. The van der Waals surface area contributed by atoms with Crippen molar-refractivity contribution in [1.29, 1.82) is 0 Å². The first-order valence-electron chi connectivity index (χ1n) is 12.2. The normalized spacial score (nSPS) is 19.7. The highest BCUT2D eigenvalue weighted by Gasteiger charge is 2.37. The lowest BCUT2D eigenvalue weighted by Crippen LogP contribution is -2.58. The zero-order valence-electron chi connectivity index (χ0n) is 20.2. The second-order valence-corrected chi connectivity index (χ2v) is 9.97. The van der Waals surface area contributed by atoms with E-state index in [1.165, 1.54) is 24.0 Å². The first-order chi connectivity index (χ1) is 17.9. The molecule has 37 heavy (non-hydrogen) atoms. The van der Waals surface area contributed by atoms with Crippen LogP contribution in [0, 0.1) is 11.6 Å². The molecule has 0 aliphatic carbocycles. The average Bonchev–Trinajstić information content (AvgIpc) is 2.88. The number of benzene rings is 3. The zero-order valence-corrected chi connectivity index (χ0v) is 20.9. The van der Waals surface area contributed by atoms with E-state index in [0.29, 0.717) is 30.8 Å². The highest BCUT2D eigenvalue weighted by Crippen LogP contribution is 2.49. The van der Waals surface area contributed by atoms with Crippen molar-refractivity contribution < 1.29 is 18.6 Å². The number of phenolic OH excluding ortho intramolecular Hbond substituents is 1. The van der Waals surface area contributed by atoms with Crippen LogP contribution >= 0.6 is 11.6 Å². The second-order valence-electron chi connectivity index (χ2n) is 9.59. The Bertz CT molecular complexity index is 1470. The molecular weight excluding hydrogens is 498 g/mol. The minimum atomic E-state index is -0.829. The molecule has 0 radical (unpaired) electrons. The first kappa shape index (κ1) is 23.9. The van der Waals surface area contributed by atoms with Crippen LogP contribution in [-0.4, -0.2) is 51.8 Å².